The highest BCUT2D eigenvalue weighted by Crippen LogP contribution is 2.43. The lowest BCUT2D eigenvalue weighted by atomic mass is 9.72. The summed E-state index contributed by atoms with van der Waals surface area (Å²) in [6.45, 7) is 7.52. The van der Waals surface area contributed by atoms with Crippen molar-refractivity contribution in [3.63, 3.8) is 0 Å². The van der Waals surface area contributed by atoms with Gasteiger partial charge in [-0.1, -0.05) is 56.3 Å². The Hall–Kier alpha value is -1.84. The zero-order valence-electron chi connectivity index (χ0n) is 16.9. The van der Waals surface area contributed by atoms with Crippen LogP contribution in [0.15, 0.2) is 54.6 Å². The number of hydrogen-bond donors (Lipinski definition) is 1. The molecule has 0 amide bonds. The molecule has 1 N–H and O–H groups in total. The number of benzene rings is 2. The predicted octanol–water partition coefficient (Wildman–Crippen LogP) is 4.81. The van der Waals surface area contributed by atoms with Crippen LogP contribution < -0.4 is 4.74 Å². The summed E-state index contributed by atoms with van der Waals surface area (Å²) in [5.74, 6) is 1.25. The molecule has 0 unspecified atom stereocenters. The molecule has 2 atom stereocenters. The Morgan fingerprint density at radius 1 is 1.00 bits per heavy atom. The maximum absolute atomic E-state index is 12.1. The summed E-state index contributed by atoms with van der Waals surface area (Å²) in [6.07, 6.45) is 3.24. The fraction of sp³-hybridized carbons (Fsp3) is 0.500. The lowest BCUT2D eigenvalue weighted by molar-refractivity contribution is -0.0213. The molecule has 3 heteroatoms. The van der Waals surface area contributed by atoms with Crippen molar-refractivity contribution in [2.45, 2.75) is 44.6 Å². The number of ether oxygens (including phenoxy) is 1. The first kappa shape index (κ1) is 19.9. The number of likely N-dealkylation sites (tertiary alicyclic amines) is 1. The van der Waals surface area contributed by atoms with Gasteiger partial charge in [0.1, 0.15) is 5.75 Å². The van der Waals surface area contributed by atoms with E-state index in [4.69, 9.17) is 4.74 Å². The molecule has 0 aliphatic carbocycles. The molecule has 1 aliphatic rings. The minimum atomic E-state index is -0.912. The van der Waals surface area contributed by atoms with Gasteiger partial charge in [0.05, 0.1) is 12.7 Å². The van der Waals surface area contributed by atoms with Gasteiger partial charge in [0.15, 0.2) is 0 Å². The Morgan fingerprint density at radius 3 is 2.19 bits per heavy atom. The summed E-state index contributed by atoms with van der Waals surface area (Å²) >= 11 is 0. The SMILES string of the molecule is COc1ccc([C@@](O)(CC(C)C)[C@@H](CN2CCCC2)c2ccccc2)cc1. The molecule has 1 heterocycles. The first-order chi connectivity index (χ1) is 13.0. The van der Waals surface area contributed by atoms with Crippen LogP contribution in [0.1, 0.15) is 50.2 Å². The smallest absolute Gasteiger partial charge is 0.118 e. The quantitative estimate of drug-likeness (QED) is 0.727. The molecule has 0 bridgehead atoms. The molecule has 146 valence electrons. The first-order valence-corrected chi connectivity index (χ1v) is 10.2. The molecule has 0 radical (unpaired) electrons. The second kappa shape index (κ2) is 8.90. The van der Waals surface area contributed by atoms with Crippen molar-refractivity contribution >= 4 is 0 Å². The van der Waals surface area contributed by atoms with Gasteiger partial charge in [-0.3, -0.25) is 0 Å². The molecule has 2 aromatic rings. The molecule has 0 aromatic heterocycles. The van der Waals surface area contributed by atoms with Crippen LogP contribution in [0.4, 0.5) is 0 Å². The fourth-order valence-electron chi connectivity index (χ4n) is 4.40. The molecular formula is C24H33NO2. The van der Waals surface area contributed by atoms with Crippen molar-refractivity contribution in [2.24, 2.45) is 5.92 Å². The Balaban J connectivity index is 2.02. The van der Waals surface area contributed by atoms with E-state index in [1.165, 1.54) is 18.4 Å². The van der Waals surface area contributed by atoms with Crippen LogP contribution in [0, 0.1) is 5.92 Å². The molecule has 3 rings (SSSR count). The first-order valence-electron chi connectivity index (χ1n) is 10.2. The van der Waals surface area contributed by atoms with Crippen LogP contribution in [0.2, 0.25) is 0 Å². The van der Waals surface area contributed by atoms with E-state index in [-0.39, 0.29) is 5.92 Å². The normalized spacial score (nSPS) is 18.4. The van der Waals surface area contributed by atoms with E-state index < -0.39 is 5.60 Å². The van der Waals surface area contributed by atoms with Gasteiger partial charge in [-0.2, -0.15) is 0 Å². The summed E-state index contributed by atoms with van der Waals surface area (Å²) in [5, 5.41) is 12.1. The number of nitrogens with zero attached hydrogens (tertiary/aromatic N) is 1. The zero-order chi connectivity index (χ0) is 19.3. The lowest BCUT2D eigenvalue weighted by Gasteiger charge is -2.40. The van der Waals surface area contributed by atoms with Gasteiger partial charge in [0, 0.05) is 12.5 Å². The van der Waals surface area contributed by atoms with Gasteiger partial charge in [0.25, 0.3) is 0 Å². The molecule has 27 heavy (non-hydrogen) atoms. The highest BCUT2D eigenvalue weighted by molar-refractivity contribution is 5.35. The summed E-state index contributed by atoms with van der Waals surface area (Å²) < 4.78 is 5.33. The minimum absolute atomic E-state index is 0.0348. The molecule has 0 spiro atoms. The number of hydrogen-bond acceptors (Lipinski definition) is 3. The maximum Gasteiger partial charge on any atom is 0.118 e. The Kier molecular flexibility index (Phi) is 6.56. The van der Waals surface area contributed by atoms with E-state index in [9.17, 15) is 5.11 Å². The van der Waals surface area contributed by atoms with Gasteiger partial charge >= 0.3 is 0 Å². The van der Waals surface area contributed by atoms with Crippen LogP contribution in [-0.4, -0.2) is 36.8 Å². The van der Waals surface area contributed by atoms with E-state index in [1.807, 2.05) is 30.3 Å². The van der Waals surface area contributed by atoms with Gasteiger partial charge in [-0.05, 0) is 61.5 Å². The van der Waals surface area contributed by atoms with Gasteiger partial charge in [0.2, 0.25) is 0 Å². The average Bonchev–Trinajstić information content (AvgIpc) is 3.19. The highest BCUT2D eigenvalue weighted by atomic mass is 16.5. The molecule has 2 aromatic carbocycles. The second-order valence-electron chi connectivity index (χ2n) is 8.22. The van der Waals surface area contributed by atoms with Gasteiger partial charge in [-0.25, -0.2) is 0 Å². The van der Waals surface area contributed by atoms with E-state index in [2.05, 4.69) is 43.0 Å². The number of methoxy groups -OCH3 is 1. The third-order valence-electron chi connectivity index (χ3n) is 5.73. The second-order valence-corrected chi connectivity index (χ2v) is 8.22. The Labute approximate surface area is 164 Å². The molecule has 0 saturated carbocycles. The van der Waals surface area contributed by atoms with E-state index in [0.29, 0.717) is 5.92 Å². The minimum Gasteiger partial charge on any atom is -0.497 e. The van der Waals surface area contributed by atoms with Crippen molar-refractivity contribution < 1.29 is 9.84 Å². The zero-order valence-corrected chi connectivity index (χ0v) is 16.9. The number of rotatable bonds is 8. The molecule has 1 fully saturated rings. The standard InChI is InChI=1S/C24H33NO2/c1-19(2)17-24(26,21-11-13-22(27-3)14-12-21)23(18-25-15-7-8-16-25)20-9-5-4-6-10-20/h4-6,9-14,19,23,26H,7-8,15-18H2,1-3H3/t23-,24-/m0/s1. The molecule has 1 saturated heterocycles. The van der Waals surface area contributed by atoms with Crippen LogP contribution >= 0.6 is 0 Å². The summed E-state index contributed by atoms with van der Waals surface area (Å²) in [7, 11) is 1.68. The summed E-state index contributed by atoms with van der Waals surface area (Å²) in [5.41, 5.74) is 1.28. The van der Waals surface area contributed by atoms with E-state index >= 15 is 0 Å². The van der Waals surface area contributed by atoms with Gasteiger partial charge in [-0.15, -0.1) is 0 Å². The summed E-state index contributed by atoms with van der Waals surface area (Å²) in [4.78, 5) is 2.51. The third kappa shape index (κ3) is 4.72. The topological polar surface area (TPSA) is 32.7 Å². The maximum atomic E-state index is 12.1. The van der Waals surface area contributed by atoms with Crippen LogP contribution in [-0.2, 0) is 5.60 Å². The van der Waals surface area contributed by atoms with Crippen molar-refractivity contribution in [1.29, 1.82) is 0 Å². The summed E-state index contributed by atoms with van der Waals surface area (Å²) in [6, 6.07) is 18.5. The van der Waals surface area contributed by atoms with Crippen LogP contribution in [0.5, 0.6) is 5.75 Å². The number of aliphatic hydroxyl groups is 1. The molecule has 1 aliphatic heterocycles. The van der Waals surface area contributed by atoms with Crippen LogP contribution in [0.25, 0.3) is 0 Å². The Bertz CT molecular complexity index is 692. The third-order valence-corrected chi connectivity index (χ3v) is 5.73. The van der Waals surface area contributed by atoms with E-state index in [1.54, 1.807) is 7.11 Å². The average molecular weight is 368 g/mol. The predicted molar refractivity (Wildman–Crippen MR) is 111 cm³/mol. The Morgan fingerprint density at radius 2 is 1.63 bits per heavy atom. The van der Waals surface area contributed by atoms with Crippen molar-refractivity contribution in [2.75, 3.05) is 26.7 Å². The van der Waals surface area contributed by atoms with E-state index in [0.717, 1.165) is 37.4 Å². The molecular weight excluding hydrogens is 334 g/mol. The largest absolute Gasteiger partial charge is 0.497 e. The van der Waals surface area contributed by atoms with Crippen molar-refractivity contribution in [1.82, 2.24) is 4.90 Å². The van der Waals surface area contributed by atoms with Crippen molar-refractivity contribution in [3.05, 3.63) is 65.7 Å². The van der Waals surface area contributed by atoms with Crippen molar-refractivity contribution in [3.8, 4) is 5.75 Å². The molecule has 3 nitrogen and oxygen atoms in total. The lowest BCUT2D eigenvalue weighted by Crippen LogP contribution is -2.41. The highest BCUT2D eigenvalue weighted by Gasteiger charge is 2.41. The fourth-order valence-corrected chi connectivity index (χ4v) is 4.40. The monoisotopic (exact) mass is 367 g/mol. The van der Waals surface area contributed by atoms with Gasteiger partial charge < -0.3 is 14.7 Å². The van der Waals surface area contributed by atoms with Crippen LogP contribution in [0.3, 0.4) is 0 Å².